The number of allylic oxidation sites excluding steroid dienone is 1. The van der Waals surface area contributed by atoms with Crippen LogP contribution >= 0.6 is 12.2 Å². The number of nitrogens with one attached hydrogen (secondary N) is 1. The highest BCUT2D eigenvalue weighted by atomic mass is 32.1. The van der Waals surface area contributed by atoms with Crippen LogP contribution < -0.4 is 5.32 Å². The number of rotatable bonds is 3. The van der Waals surface area contributed by atoms with E-state index < -0.39 is 5.41 Å². The smallest absolute Gasteiger partial charge is 0.123 e. The third-order valence-electron chi connectivity index (χ3n) is 3.63. The summed E-state index contributed by atoms with van der Waals surface area (Å²) in [7, 11) is 0. The van der Waals surface area contributed by atoms with Gasteiger partial charge in [-0.1, -0.05) is 62.8 Å². The van der Waals surface area contributed by atoms with Gasteiger partial charge in [-0.2, -0.15) is 0 Å². The van der Waals surface area contributed by atoms with E-state index in [9.17, 15) is 10.2 Å². The van der Waals surface area contributed by atoms with E-state index >= 15 is 0 Å². The standard InChI is InChI=1S/C20H23NO2S/c1-13-10-11-16(22)15(12-13)17(18(23)20(2,3)4)19(24)21-14-8-6-5-7-9-14/h5-12,22-23H,1-4H3,(H,21,24)/b18-17-. The van der Waals surface area contributed by atoms with Crippen LogP contribution in [0.1, 0.15) is 31.9 Å². The molecule has 24 heavy (non-hydrogen) atoms. The number of benzene rings is 2. The lowest BCUT2D eigenvalue weighted by Crippen LogP contribution is -2.19. The maximum atomic E-state index is 10.8. The minimum atomic E-state index is -0.506. The number of anilines is 1. The van der Waals surface area contributed by atoms with Crippen molar-refractivity contribution >= 4 is 28.5 Å². The molecule has 0 saturated carbocycles. The first-order valence-corrected chi connectivity index (χ1v) is 8.21. The van der Waals surface area contributed by atoms with Crippen molar-refractivity contribution in [2.24, 2.45) is 5.41 Å². The molecule has 0 atom stereocenters. The molecule has 0 amide bonds. The molecule has 0 aromatic heterocycles. The van der Waals surface area contributed by atoms with Crippen molar-refractivity contribution in [3.8, 4) is 5.75 Å². The highest BCUT2D eigenvalue weighted by Gasteiger charge is 2.26. The molecule has 126 valence electrons. The highest BCUT2D eigenvalue weighted by molar-refractivity contribution is 7.81. The van der Waals surface area contributed by atoms with Crippen LogP contribution in [0.2, 0.25) is 0 Å². The van der Waals surface area contributed by atoms with E-state index in [0.29, 0.717) is 16.1 Å². The predicted octanol–water partition coefficient (Wildman–Crippen LogP) is 5.46. The molecular weight excluding hydrogens is 318 g/mol. The molecule has 0 aliphatic heterocycles. The van der Waals surface area contributed by atoms with Crippen molar-refractivity contribution in [3.63, 3.8) is 0 Å². The molecule has 0 heterocycles. The molecule has 2 aromatic rings. The van der Waals surface area contributed by atoms with Crippen LogP contribution in [0.3, 0.4) is 0 Å². The number of aromatic hydroxyl groups is 1. The molecule has 0 spiro atoms. The molecule has 3 nitrogen and oxygen atoms in total. The van der Waals surface area contributed by atoms with Crippen LogP contribution in [0.5, 0.6) is 5.75 Å². The van der Waals surface area contributed by atoms with Crippen molar-refractivity contribution < 1.29 is 10.2 Å². The predicted molar refractivity (Wildman–Crippen MR) is 105 cm³/mol. The first kappa shape index (κ1) is 18.0. The Morgan fingerprint density at radius 1 is 1.04 bits per heavy atom. The number of hydrogen-bond donors (Lipinski definition) is 3. The molecule has 0 unspecified atom stereocenters. The van der Waals surface area contributed by atoms with E-state index in [1.54, 1.807) is 6.07 Å². The summed E-state index contributed by atoms with van der Waals surface area (Å²) in [6, 6.07) is 14.8. The zero-order valence-electron chi connectivity index (χ0n) is 14.4. The van der Waals surface area contributed by atoms with Crippen LogP contribution in [-0.2, 0) is 0 Å². The Bertz CT molecular complexity index is 774. The van der Waals surface area contributed by atoms with Gasteiger partial charge in [-0.15, -0.1) is 0 Å². The number of aryl methyl sites for hydroxylation is 1. The van der Waals surface area contributed by atoms with Gasteiger partial charge in [-0.3, -0.25) is 0 Å². The minimum Gasteiger partial charge on any atom is -0.511 e. The van der Waals surface area contributed by atoms with E-state index in [1.807, 2.05) is 70.2 Å². The van der Waals surface area contributed by atoms with E-state index in [2.05, 4.69) is 5.32 Å². The highest BCUT2D eigenvalue weighted by Crippen LogP contribution is 2.36. The van der Waals surface area contributed by atoms with E-state index in [-0.39, 0.29) is 11.5 Å². The van der Waals surface area contributed by atoms with Crippen molar-refractivity contribution in [1.29, 1.82) is 0 Å². The normalized spacial score (nSPS) is 12.5. The summed E-state index contributed by atoms with van der Waals surface area (Å²) in [6.07, 6.45) is 0. The van der Waals surface area contributed by atoms with Crippen LogP contribution in [0.4, 0.5) is 5.69 Å². The quantitative estimate of drug-likeness (QED) is 0.394. The fourth-order valence-electron chi connectivity index (χ4n) is 2.30. The number of hydrogen-bond acceptors (Lipinski definition) is 3. The second-order valence-corrected chi connectivity index (χ2v) is 7.22. The first-order chi connectivity index (χ1) is 11.2. The molecule has 0 aliphatic carbocycles. The average Bonchev–Trinajstić information content (AvgIpc) is 2.51. The number of phenolic OH excluding ortho intramolecular Hbond substituents is 1. The Kier molecular flexibility index (Phi) is 5.30. The van der Waals surface area contributed by atoms with E-state index in [4.69, 9.17) is 12.2 Å². The van der Waals surface area contributed by atoms with Gasteiger partial charge in [-0.25, -0.2) is 0 Å². The van der Waals surface area contributed by atoms with Crippen molar-refractivity contribution in [3.05, 3.63) is 65.4 Å². The SMILES string of the molecule is Cc1ccc(O)c(/C(C(=S)Nc2ccccc2)=C(/O)C(C)(C)C)c1. The Morgan fingerprint density at radius 3 is 2.25 bits per heavy atom. The van der Waals surface area contributed by atoms with Crippen LogP contribution in [0.25, 0.3) is 5.57 Å². The van der Waals surface area contributed by atoms with Gasteiger partial charge in [0, 0.05) is 16.7 Å². The molecule has 4 heteroatoms. The Hall–Kier alpha value is -2.33. The summed E-state index contributed by atoms with van der Waals surface area (Å²) in [6.45, 7) is 7.64. The second-order valence-electron chi connectivity index (χ2n) is 6.81. The summed E-state index contributed by atoms with van der Waals surface area (Å²) in [5.74, 6) is 0.223. The number of para-hydroxylation sites is 1. The zero-order valence-corrected chi connectivity index (χ0v) is 15.2. The molecular formula is C20H23NO2S. The average molecular weight is 341 g/mol. The lowest BCUT2D eigenvalue weighted by molar-refractivity contribution is 0.281. The zero-order chi connectivity index (χ0) is 17.9. The lowest BCUT2D eigenvalue weighted by Gasteiger charge is -2.23. The van der Waals surface area contributed by atoms with E-state index in [1.165, 1.54) is 0 Å². The number of aliphatic hydroxyl groups excluding tert-OH is 1. The number of aliphatic hydroxyl groups is 1. The Labute approximate surface area is 148 Å². The Balaban J connectivity index is 2.56. The number of thiocarbonyl (C=S) groups is 1. The molecule has 3 N–H and O–H groups in total. The summed E-state index contributed by atoms with van der Waals surface area (Å²) >= 11 is 5.55. The molecule has 2 rings (SSSR count). The summed E-state index contributed by atoms with van der Waals surface area (Å²) in [4.78, 5) is 0.370. The fraction of sp³-hybridized carbons (Fsp3) is 0.250. The molecule has 0 bridgehead atoms. The summed E-state index contributed by atoms with van der Waals surface area (Å²) in [5, 5.41) is 24.2. The van der Waals surface area contributed by atoms with E-state index in [0.717, 1.165) is 11.3 Å². The lowest BCUT2D eigenvalue weighted by atomic mass is 9.87. The molecule has 0 aliphatic rings. The van der Waals surface area contributed by atoms with Crippen LogP contribution in [0.15, 0.2) is 54.3 Å². The Morgan fingerprint density at radius 2 is 1.67 bits per heavy atom. The van der Waals surface area contributed by atoms with Gasteiger partial charge < -0.3 is 15.5 Å². The topological polar surface area (TPSA) is 52.5 Å². The van der Waals surface area contributed by atoms with Gasteiger partial charge >= 0.3 is 0 Å². The van der Waals surface area contributed by atoms with Crippen LogP contribution in [-0.4, -0.2) is 15.2 Å². The maximum Gasteiger partial charge on any atom is 0.123 e. The van der Waals surface area contributed by atoms with Crippen molar-refractivity contribution in [2.75, 3.05) is 5.32 Å². The third-order valence-corrected chi connectivity index (χ3v) is 3.93. The molecule has 0 fully saturated rings. The van der Waals surface area contributed by atoms with Crippen LogP contribution in [0, 0.1) is 12.3 Å². The first-order valence-electron chi connectivity index (χ1n) is 7.80. The van der Waals surface area contributed by atoms with Crippen molar-refractivity contribution in [1.82, 2.24) is 0 Å². The van der Waals surface area contributed by atoms with Gasteiger partial charge in [0.2, 0.25) is 0 Å². The third kappa shape index (κ3) is 4.15. The largest absolute Gasteiger partial charge is 0.511 e. The van der Waals surface area contributed by atoms with Gasteiger partial charge in [0.25, 0.3) is 0 Å². The summed E-state index contributed by atoms with van der Waals surface area (Å²) < 4.78 is 0. The summed E-state index contributed by atoms with van der Waals surface area (Å²) in [5.41, 5.74) is 2.27. The van der Waals surface area contributed by atoms with Gasteiger partial charge in [-0.05, 0) is 31.2 Å². The second kappa shape index (κ2) is 7.05. The monoisotopic (exact) mass is 341 g/mol. The van der Waals surface area contributed by atoms with Gasteiger partial charge in [0.05, 0.1) is 5.57 Å². The molecule has 0 saturated heterocycles. The minimum absolute atomic E-state index is 0.0867. The van der Waals surface area contributed by atoms with Gasteiger partial charge in [0.15, 0.2) is 0 Å². The van der Waals surface area contributed by atoms with Crippen molar-refractivity contribution in [2.45, 2.75) is 27.7 Å². The fourth-order valence-corrected chi connectivity index (χ4v) is 2.62. The molecule has 2 aromatic carbocycles. The van der Waals surface area contributed by atoms with Gasteiger partial charge in [0.1, 0.15) is 16.5 Å². The number of phenols is 1. The molecule has 0 radical (unpaired) electrons. The maximum absolute atomic E-state index is 10.8.